The van der Waals surface area contributed by atoms with E-state index in [1.165, 1.54) is 18.2 Å². The first-order valence-electron chi connectivity index (χ1n) is 6.65. The number of rotatable bonds is 5. The zero-order chi connectivity index (χ0) is 15.5. The van der Waals surface area contributed by atoms with E-state index in [1.54, 1.807) is 11.8 Å². The monoisotopic (exact) mass is 339 g/mol. The van der Waals surface area contributed by atoms with E-state index in [9.17, 15) is 13.2 Å². The van der Waals surface area contributed by atoms with Crippen LogP contribution < -0.4 is 10.1 Å². The van der Waals surface area contributed by atoms with E-state index in [-0.39, 0.29) is 22.8 Å². The van der Waals surface area contributed by atoms with Crippen molar-refractivity contribution in [3.63, 3.8) is 0 Å². The van der Waals surface area contributed by atoms with Gasteiger partial charge in [0.25, 0.3) is 0 Å². The number of alkyl halides is 3. The first-order chi connectivity index (χ1) is 9.93. The molecule has 7 heteroatoms. The van der Waals surface area contributed by atoms with E-state index < -0.39 is 11.7 Å². The van der Waals surface area contributed by atoms with Crippen LogP contribution in [0.5, 0.6) is 5.75 Å². The Labute approximate surface area is 131 Å². The Hall–Kier alpha value is -0.590. The maximum atomic E-state index is 13.1. The highest BCUT2D eigenvalue weighted by molar-refractivity contribution is 7.98. The normalized spacial score (nSPS) is 20.5. The quantitative estimate of drug-likeness (QED) is 0.873. The Balaban J connectivity index is 2.26. The van der Waals surface area contributed by atoms with E-state index in [4.69, 9.17) is 16.3 Å². The maximum Gasteiger partial charge on any atom is 0.421 e. The summed E-state index contributed by atoms with van der Waals surface area (Å²) in [6, 6.07) is 4.05. The number of benzene rings is 1. The molecular weight excluding hydrogens is 323 g/mol. The van der Waals surface area contributed by atoms with Crippen molar-refractivity contribution in [2.45, 2.75) is 18.7 Å². The Morgan fingerprint density at radius 2 is 2.24 bits per heavy atom. The van der Waals surface area contributed by atoms with Crippen molar-refractivity contribution in [1.29, 1.82) is 0 Å². The number of ether oxygens (including phenoxy) is 1. The van der Waals surface area contributed by atoms with Gasteiger partial charge in [0.2, 0.25) is 0 Å². The number of hydrogen-bond donors (Lipinski definition) is 1. The van der Waals surface area contributed by atoms with Gasteiger partial charge < -0.3 is 10.1 Å². The van der Waals surface area contributed by atoms with Gasteiger partial charge in [-0.15, -0.1) is 0 Å². The molecule has 1 aromatic rings. The average Bonchev–Trinajstić information content (AvgIpc) is 2.90. The van der Waals surface area contributed by atoms with Crippen molar-refractivity contribution >= 4 is 23.4 Å². The fourth-order valence-corrected chi connectivity index (χ4v) is 3.41. The summed E-state index contributed by atoms with van der Waals surface area (Å²) in [7, 11) is 0. The third kappa shape index (κ3) is 4.20. The smallest absolute Gasteiger partial charge is 0.421 e. The molecule has 1 saturated heterocycles. The molecule has 0 bridgehead atoms. The molecule has 2 nitrogen and oxygen atoms in total. The van der Waals surface area contributed by atoms with Gasteiger partial charge in [-0.25, -0.2) is 0 Å². The molecule has 1 aliphatic heterocycles. The Bertz CT molecular complexity index is 478. The molecule has 1 aromatic carbocycles. The second-order valence-corrected chi connectivity index (χ2v) is 6.29. The summed E-state index contributed by atoms with van der Waals surface area (Å²) < 4.78 is 45.1. The topological polar surface area (TPSA) is 21.3 Å². The van der Waals surface area contributed by atoms with Crippen LogP contribution in [-0.2, 0) is 6.18 Å². The second-order valence-electron chi connectivity index (χ2n) is 4.98. The molecule has 1 fully saturated rings. The average molecular weight is 340 g/mol. The minimum Gasteiger partial charge on any atom is -0.489 e. The summed E-state index contributed by atoms with van der Waals surface area (Å²) in [5.74, 6) is 0.689. The molecular formula is C14H17ClF3NOS. The van der Waals surface area contributed by atoms with Gasteiger partial charge in [-0.05, 0) is 31.4 Å². The van der Waals surface area contributed by atoms with Gasteiger partial charge in [-0.1, -0.05) is 17.7 Å². The SMILES string of the molecule is CSC[C@H](Oc1cccc(Cl)c1C(F)(F)F)[C@H]1CCNC1. The van der Waals surface area contributed by atoms with Crippen LogP contribution in [0.15, 0.2) is 18.2 Å². The van der Waals surface area contributed by atoms with Crippen LogP contribution in [0.25, 0.3) is 0 Å². The van der Waals surface area contributed by atoms with E-state index in [1.807, 2.05) is 6.26 Å². The molecule has 0 unspecified atom stereocenters. The first-order valence-corrected chi connectivity index (χ1v) is 8.42. The minimum atomic E-state index is -4.52. The summed E-state index contributed by atoms with van der Waals surface area (Å²) in [6.07, 6.45) is -1.95. The zero-order valence-electron chi connectivity index (χ0n) is 11.5. The Morgan fingerprint density at radius 1 is 1.48 bits per heavy atom. The van der Waals surface area contributed by atoms with Crippen LogP contribution in [0.4, 0.5) is 13.2 Å². The lowest BCUT2D eigenvalue weighted by atomic mass is 10.0. The molecule has 0 aromatic heterocycles. The summed E-state index contributed by atoms with van der Waals surface area (Å²) in [4.78, 5) is 0. The predicted molar refractivity (Wildman–Crippen MR) is 80.2 cm³/mol. The van der Waals surface area contributed by atoms with E-state index in [2.05, 4.69) is 5.32 Å². The highest BCUT2D eigenvalue weighted by Crippen LogP contribution is 2.41. The lowest BCUT2D eigenvalue weighted by Crippen LogP contribution is -2.31. The zero-order valence-corrected chi connectivity index (χ0v) is 13.1. The van der Waals surface area contributed by atoms with Crippen molar-refractivity contribution in [2.75, 3.05) is 25.1 Å². The first kappa shape index (κ1) is 16.8. The number of hydrogen-bond acceptors (Lipinski definition) is 3. The summed E-state index contributed by atoms with van der Waals surface area (Å²) >= 11 is 7.28. The predicted octanol–water partition coefficient (Wildman–Crippen LogP) is 4.08. The van der Waals surface area contributed by atoms with E-state index >= 15 is 0 Å². The molecule has 0 amide bonds. The fraction of sp³-hybridized carbons (Fsp3) is 0.571. The molecule has 2 atom stereocenters. The van der Waals surface area contributed by atoms with Gasteiger partial charge in [0.05, 0.1) is 5.02 Å². The van der Waals surface area contributed by atoms with Crippen LogP contribution in [-0.4, -0.2) is 31.2 Å². The van der Waals surface area contributed by atoms with Crippen LogP contribution in [0.3, 0.4) is 0 Å². The highest BCUT2D eigenvalue weighted by atomic mass is 35.5. The number of halogens is 4. The molecule has 1 N–H and O–H groups in total. The molecule has 2 rings (SSSR count). The molecule has 118 valence electrons. The van der Waals surface area contributed by atoms with Gasteiger partial charge in [0.1, 0.15) is 17.4 Å². The summed E-state index contributed by atoms with van der Waals surface area (Å²) in [5, 5.41) is 2.89. The van der Waals surface area contributed by atoms with Crippen molar-refractivity contribution in [1.82, 2.24) is 5.32 Å². The minimum absolute atomic E-state index is 0.180. The van der Waals surface area contributed by atoms with Crippen LogP contribution in [0.1, 0.15) is 12.0 Å². The van der Waals surface area contributed by atoms with Crippen molar-refractivity contribution in [3.05, 3.63) is 28.8 Å². The number of nitrogens with one attached hydrogen (secondary N) is 1. The van der Waals surface area contributed by atoms with Gasteiger partial charge in [0, 0.05) is 18.2 Å². The van der Waals surface area contributed by atoms with Crippen molar-refractivity contribution in [3.8, 4) is 5.75 Å². The molecule has 0 aliphatic carbocycles. The number of thioether (sulfide) groups is 1. The molecule has 0 spiro atoms. The maximum absolute atomic E-state index is 13.1. The highest BCUT2D eigenvalue weighted by Gasteiger charge is 2.38. The van der Waals surface area contributed by atoms with Crippen molar-refractivity contribution in [2.24, 2.45) is 5.92 Å². The van der Waals surface area contributed by atoms with Crippen LogP contribution >= 0.6 is 23.4 Å². The molecule has 0 saturated carbocycles. The van der Waals surface area contributed by atoms with Gasteiger partial charge in [-0.2, -0.15) is 24.9 Å². The van der Waals surface area contributed by atoms with E-state index in [0.29, 0.717) is 5.75 Å². The van der Waals surface area contributed by atoms with Gasteiger partial charge in [-0.3, -0.25) is 0 Å². The molecule has 1 aliphatic rings. The molecule has 0 radical (unpaired) electrons. The fourth-order valence-electron chi connectivity index (χ4n) is 2.47. The largest absolute Gasteiger partial charge is 0.489 e. The molecule has 21 heavy (non-hydrogen) atoms. The third-order valence-electron chi connectivity index (χ3n) is 3.49. The van der Waals surface area contributed by atoms with Gasteiger partial charge in [0.15, 0.2) is 0 Å². The Kier molecular flexibility index (Phi) is 5.68. The standard InChI is InChI=1S/C14H17ClF3NOS/c1-21-8-12(9-5-6-19-7-9)20-11-4-2-3-10(15)13(11)14(16,17)18/h2-4,9,12,19H,5-8H2,1H3/t9-,12-/m0/s1. The summed E-state index contributed by atoms with van der Waals surface area (Å²) in [6.45, 7) is 1.65. The van der Waals surface area contributed by atoms with Gasteiger partial charge >= 0.3 is 6.18 Å². The third-order valence-corrected chi connectivity index (χ3v) is 4.47. The summed E-state index contributed by atoms with van der Waals surface area (Å²) in [5.41, 5.74) is -0.885. The van der Waals surface area contributed by atoms with Crippen molar-refractivity contribution < 1.29 is 17.9 Å². The second kappa shape index (κ2) is 7.11. The van der Waals surface area contributed by atoms with Crippen LogP contribution in [0.2, 0.25) is 5.02 Å². The lowest BCUT2D eigenvalue weighted by molar-refractivity contribution is -0.139. The Morgan fingerprint density at radius 3 is 2.81 bits per heavy atom. The van der Waals surface area contributed by atoms with Crippen LogP contribution in [0, 0.1) is 5.92 Å². The van der Waals surface area contributed by atoms with E-state index in [0.717, 1.165) is 19.5 Å². The molecule has 1 heterocycles. The lowest BCUT2D eigenvalue weighted by Gasteiger charge is -2.25.